The zero-order valence-corrected chi connectivity index (χ0v) is 8.69. The van der Waals surface area contributed by atoms with E-state index in [9.17, 15) is 9.59 Å². The highest BCUT2D eigenvalue weighted by atomic mass is 32.2. The summed E-state index contributed by atoms with van der Waals surface area (Å²) in [5.41, 5.74) is 0. The summed E-state index contributed by atoms with van der Waals surface area (Å²) < 4.78 is 0. The van der Waals surface area contributed by atoms with E-state index in [1.165, 1.54) is 6.92 Å². The second kappa shape index (κ2) is 6.77. The lowest BCUT2D eigenvalue weighted by Gasteiger charge is -2.08. The van der Waals surface area contributed by atoms with Gasteiger partial charge in [0.25, 0.3) is 0 Å². The van der Waals surface area contributed by atoms with E-state index in [4.69, 9.17) is 5.11 Å². The van der Waals surface area contributed by atoms with Crippen LogP contribution in [-0.4, -0.2) is 35.0 Å². The van der Waals surface area contributed by atoms with E-state index in [0.29, 0.717) is 6.42 Å². The molecular weight excluding hydrogens is 190 g/mol. The fourth-order valence-electron chi connectivity index (χ4n) is 0.752. The van der Waals surface area contributed by atoms with Gasteiger partial charge in [0.05, 0.1) is 0 Å². The van der Waals surface area contributed by atoms with E-state index >= 15 is 0 Å². The fraction of sp³-hybridized carbons (Fsp3) is 0.750. The second-order valence-corrected chi connectivity index (χ2v) is 3.71. The molecule has 4 nitrogen and oxygen atoms in total. The van der Waals surface area contributed by atoms with E-state index in [-0.39, 0.29) is 5.91 Å². The molecule has 0 aliphatic rings. The quantitative estimate of drug-likeness (QED) is 0.627. The number of nitrogens with one attached hydrogen (secondary N) is 1. The van der Waals surface area contributed by atoms with Gasteiger partial charge in [-0.2, -0.15) is 11.8 Å². The summed E-state index contributed by atoms with van der Waals surface area (Å²) in [6.07, 6.45) is 3.16. The highest BCUT2D eigenvalue weighted by molar-refractivity contribution is 7.98. The lowest BCUT2D eigenvalue weighted by atomic mass is 10.3. The van der Waals surface area contributed by atoms with Crippen molar-refractivity contribution in [2.24, 2.45) is 0 Å². The van der Waals surface area contributed by atoms with Crippen LogP contribution in [0.5, 0.6) is 0 Å². The van der Waals surface area contributed by atoms with Crippen molar-refractivity contribution in [1.29, 1.82) is 0 Å². The third kappa shape index (κ3) is 6.45. The molecule has 2 N–H and O–H groups in total. The average molecular weight is 205 g/mol. The van der Waals surface area contributed by atoms with Crippen molar-refractivity contribution in [3.63, 3.8) is 0 Å². The summed E-state index contributed by atoms with van der Waals surface area (Å²) in [6, 6.07) is -0.790. The van der Waals surface area contributed by atoms with Crippen LogP contribution in [0.1, 0.15) is 19.8 Å². The Bertz CT molecular complexity index is 184. The standard InChI is InChI=1S/C8H15NO3S/c1-6(8(11)12)9-7(10)4-3-5-13-2/h6H,3-5H2,1-2H3,(H,9,10)(H,11,12)/t6-/m0/s1. The summed E-state index contributed by atoms with van der Waals surface area (Å²) in [5, 5.41) is 10.9. The molecule has 0 rings (SSSR count). The molecule has 0 aromatic rings. The number of rotatable bonds is 6. The molecule has 0 unspecified atom stereocenters. The fourth-order valence-corrected chi connectivity index (χ4v) is 1.19. The summed E-state index contributed by atoms with van der Waals surface area (Å²) in [6.45, 7) is 1.45. The van der Waals surface area contributed by atoms with Crippen LogP contribution in [0.2, 0.25) is 0 Å². The van der Waals surface area contributed by atoms with Crippen LogP contribution >= 0.6 is 11.8 Å². The minimum atomic E-state index is -1.00. The molecule has 0 bridgehead atoms. The van der Waals surface area contributed by atoms with Crippen molar-refractivity contribution in [2.45, 2.75) is 25.8 Å². The molecule has 0 aliphatic heterocycles. The van der Waals surface area contributed by atoms with Crippen molar-refractivity contribution < 1.29 is 14.7 Å². The van der Waals surface area contributed by atoms with Crippen LogP contribution in [0.3, 0.4) is 0 Å². The maximum Gasteiger partial charge on any atom is 0.325 e. The van der Waals surface area contributed by atoms with Gasteiger partial charge in [-0.3, -0.25) is 9.59 Å². The molecule has 0 saturated carbocycles. The molecule has 13 heavy (non-hydrogen) atoms. The number of carboxylic acids is 1. The van der Waals surface area contributed by atoms with Gasteiger partial charge in [-0.05, 0) is 25.4 Å². The normalized spacial score (nSPS) is 12.2. The topological polar surface area (TPSA) is 66.4 Å². The highest BCUT2D eigenvalue weighted by Gasteiger charge is 2.12. The molecule has 0 saturated heterocycles. The van der Waals surface area contributed by atoms with Gasteiger partial charge in [0, 0.05) is 6.42 Å². The number of aliphatic carboxylic acids is 1. The molecule has 0 fully saturated rings. The summed E-state index contributed by atoms with van der Waals surface area (Å²) >= 11 is 1.67. The third-order valence-electron chi connectivity index (χ3n) is 1.50. The summed E-state index contributed by atoms with van der Waals surface area (Å²) in [5.74, 6) is -0.267. The minimum absolute atomic E-state index is 0.191. The number of carbonyl (C=O) groups excluding carboxylic acids is 1. The van der Waals surface area contributed by atoms with Crippen LogP contribution in [0.15, 0.2) is 0 Å². The molecule has 1 atom stereocenters. The first kappa shape index (κ1) is 12.3. The first-order chi connectivity index (χ1) is 6.07. The van der Waals surface area contributed by atoms with Gasteiger partial charge in [0.1, 0.15) is 6.04 Å². The van der Waals surface area contributed by atoms with Gasteiger partial charge < -0.3 is 10.4 Å². The maximum atomic E-state index is 11.0. The number of amides is 1. The lowest BCUT2D eigenvalue weighted by molar-refractivity contribution is -0.141. The van der Waals surface area contributed by atoms with Crippen molar-refractivity contribution in [1.82, 2.24) is 5.32 Å². The van der Waals surface area contributed by atoms with Crippen molar-refractivity contribution >= 4 is 23.6 Å². The molecule has 0 radical (unpaired) electrons. The number of hydrogen-bond acceptors (Lipinski definition) is 3. The van der Waals surface area contributed by atoms with Crippen LogP contribution in [-0.2, 0) is 9.59 Å². The summed E-state index contributed by atoms with van der Waals surface area (Å²) in [4.78, 5) is 21.4. The zero-order chi connectivity index (χ0) is 10.3. The van der Waals surface area contributed by atoms with Gasteiger partial charge in [-0.1, -0.05) is 0 Å². The molecule has 0 aliphatic carbocycles. The zero-order valence-electron chi connectivity index (χ0n) is 7.87. The Kier molecular flexibility index (Phi) is 6.40. The van der Waals surface area contributed by atoms with Crippen LogP contribution in [0.4, 0.5) is 0 Å². The molecule has 0 heterocycles. The molecule has 0 aromatic carbocycles. The Balaban J connectivity index is 3.56. The van der Waals surface area contributed by atoms with Gasteiger partial charge in [-0.25, -0.2) is 0 Å². The Morgan fingerprint density at radius 3 is 2.62 bits per heavy atom. The smallest absolute Gasteiger partial charge is 0.325 e. The lowest BCUT2D eigenvalue weighted by Crippen LogP contribution is -2.38. The molecular formula is C8H15NO3S. The molecule has 5 heteroatoms. The number of thioether (sulfide) groups is 1. The Hall–Kier alpha value is -0.710. The highest BCUT2D eigenvalue weighted by Crippen LogP contribution is 1.99. The Labute approximate surface area is 82.1 Å². The molecule has 76 valence electrons. The van der Waals surface area contributed by atoms with Crippen molar-refractivity contribution in [2.75, 3.05) is 12.0 Å². The average Bonchev–Trinajstić information content (AvgIpc) is 2.04. The van der Waals surface area contributed by atoms with E-state index in [1.54, 1.807) is 11.8 Å². The van der Waals surface area contributed by atoms with E-state index < -0.39 is 12.0 Å². The number of hydrogen-bond donors (Lipinski definition) is 2. The Morgan fingerprint density at radius 1 is 1.54 bits per heavy atom. The Morgan fingerprint density at radius 2 is 2.15 bits per heavy atom. The van der Waals surface area contributed by atoms with Gasteiger partial charge in [0.2, 0.25) is 5.91 Å². The summed E-state index contributed by atoms with van der Waals surface area (Å²) in [7, 11) is 0. The maximum absolute atomic E-state index is 11.0. The predicted octanol–water partition coefficient (Wildman–Crippen LogP) is 0.719. The number of carboxylic acid groups (broad SMARTS) is 1. The first-order valence-electron chi connectivity index (χ1n) is 4.09. The van der Waals surface area contributed by atoms with Crippen LogP contribution < -0.4 is 5.32 Å². The van der Waals surface area contributed by atoms with Crippen molar-refractivity contribution in [3.8, 4) is 0 Å². The molecule has 1 amide bonds. The third-order valence-corrected chi connectivity index (χ3v) is 2.20. The van der Waals surface area contributed by atoms with Crippen molar-refractivity contribution in [3.05, 3.63) is 0 Å². The van der Waals surface area contributed by atoms with E-state index in [0.717, 1.165) is 12.2 Å². The van der Waals surface area contributed by atoms with Crippen LogP contribution in [0.25, 0.3) is 0 Å². The van der Waals surface area contributed by atoms with E-state index in [2.05, 4.69) is 5.32 Å². The number of carbonyl (C=O) groups is 2. The van der Waals surface area contributed by atoms with Gasteiger partial charge in [-0.15, -0.1) is 0 Å². The van der Waals surface area contributed by atoms with Gasteiger partial charge >= 0.3 is 5.97 Å². The van der Waals surface area contributed by atoms with E-state index in [1.807, 2.05) is 6.26 Å². The van der Waals surface area contributed by atoms with Gasteiger partial charge in [0.15, 0.2) is 0 Å². The second-order valence-electron chi connectivity index (χ2n) is 2.72. The largest absolute Gasteiger partial charge is 0.480 e. The van der Waals surface area contributed by atoms with Crippen LogP contribution in [0, 0.1) is 0 Å². The minimum Gasteiger partial charge on any atom is -0.480 e. The SMILES string of the molecule is CSCCCC(=O)N[C@@H](C)C(=O)O. The molecule has 0 spiro atoms. The monoisotopic (exact) mass is 205 g/mol. The first-order valence-corrected chi connectivity index (χ1v) is 5.48. The predicted molar refractivity (Wildman–Crippen MR) is 52.9 cm³/mol. The molecule has 0 aromatic heterocycles.